The lowest BCUT2D eigenvalue weighted by molar-refractivity contribution is -0.137. The van der Waals surface area contributed by atoms with Crippen LogP contribution in [0.2, 0.25) is 0 Å². The number of carbonyl (C=O) groups is 1. The van der Waals surface area contributed by atoms with Crippen LogP contribution in [0.4, 0.5) is 0 Å². The van der Waals surface area contributed by atoms with Crippen LogP contribution in [-0.4, -0.2) is 42.3 Å². The van der Waals surface area contributed by atoms with Gasteiger partial charge < -0.3 is 14.6 Å². The number of ether oxygens (including phenoxy) is 2. The molecule has 1 unspecified atom stereocenters. The summed E-state index contributed by atoms with van der Waals surface area (Å²) in [6.45, 7) is 3.24. The van der Waals surface area contributed by atoms with Crippen LogP contribution >= 0.6 is 0 Å². The number of nitrogens with zero attached hydrogens (tertiary/aromatic N) is 1. The number of unbranched alkanes of at least 4 members (excludes halogenated alkanes) is 1. The molecule has 1 N–H and O–H groups in total. The van der Waals surface area contributed by atoms with Crippen LogP contribution in [0.1, 0.15) is 43.7 Å². The summed E-state index contributed by atoms with van der Waals surface area (Å²) in [5.41, 5.74) is 1.22. The molecule has 0 amide bonds. The molecule has 5 nitrogen and oxygen atoms in total. The fourth-order valence-electron chi connectivity index (χ4n) is 3.40. The fraction of sp³-hybridized carbons (Fsp3) is 0.588. The zero-order valence-corrected chi connectivity index (χ0v) is 12.8. The van der Waals surface area contributed by atoms with E-state index in [1.54, 1.807) is 0 Å². The van der Waals surface area contributed by atoms with Crippen LogP contribution in [0.3, 0.4) is 0 Å². The van der Waals surface area contributed by atoms with E-state index in [-0.39, 0.29) is 6.42 Å². The van der Waals surface area contributed by atoms with E-state index in [1.807, 2.05) is 12.1 Å². The molecular weight excluding hydrogens is 282 g/mol. The van der Waals surface area contributed by atoms with Crippen LogP contribution in [0.25, 0.3) is 0 Å². The molecule has 0 spiro atoms. The van der Waals surface area contributed by atoms with E-state index in [9.17, 15) is 4.79 Å². The molecule has 1 saturated heterocycles. The minimum Gasteiger partial charge on any atom is -0.486 e. The molecule has 2 aliphatic heterocycles. The number of fused-ring (bicyclic) bond motifs is 1. The quantitative estimate of drug-likeness (QED) is 0.819. The Kier molecular flexibility index (Phi) is 4.83. The second kappa shape index (κ2) is 7.01. The second-order valence-electron chi connectivity index (χ2n) is 5.92. The second-order valence-corrected chi connectivity index (χ2v) is 5.92. The molecule has 120 valence electrons. The maximum absolute atomic E-state index is 10.6. The number of aliphatic carboxylic acids is 1. The Labute approximate surface area is 130 Å². The molecule has 3 rings (SSSR count). The number of likely N-dealkylation sites (tertiary alicyclic amines) is 1. The van der Waals surface area contributed by atoms with Gasteiger partial charge in [0, 0.05) is 18.0 Å². The van der Waals surface area contributed by atoms with Gasteiger partial charge in [-0.25, -0.2) is 0 Å². The van der Waals surface area contributed by atoms with Gasteiger partial charge in [-0.05, 0) is 44.8 Å². The molecule has 5 heteroatoms. The molecular formula is C17H23NO4. The van der Waals surface area contributed by atoms with Gasteiger partial charge in [0.15, 0.2) is 11.5 Å². The third kappa shape index (κ3) is 3.35. The van der Waals surface area contributed by atoms with Crippen molar-refractivity contribution in [1.82, 2.24) is 4.90 Å². The average Bonchev–Trinajstić information content (AvgIpc) is 2.99. The largest absolute Gasteiger partial charge is 0.486 e. The van der Waals surface area contributed by atoms with Crippen LogP contribution in [0, 0.1) is 0 Å². The predicted molar refractivity (Wildman–Crippen MR) is 82.5 cm³/mol. The SMILES string of the molecule is O=C(O)CCCCN1CCCC1c1cccc2c1OCCO2. The van der Waals surface area contributed by atoms with Crippen molar-refractivity contribution in [2.75, 3.05) is 26.3 Å². The van der Waals surface area contributed by atoms with Gasteiger partial charge in [0.25, 0.3) is 0 Å². The van der Waals surface area contributed by atoms with Gasteiger partial charge in [0.2, 0.25) is 0 Å². The summed E-state index contributed by atoms with van der Waals surface area (Å²) in [7, 11) is 0. The first-order chi connectivity index (χ1) is 10.8. The van der Waals surface area contributed by atoms with E-state index in [0.29, 0.717) is 19.3 Å². The molecule has 2 heterocycles. The Balaban J connectivity index is 1.67. The van der Waals surface area contributed by atoms with Crippen LogP contribution < -0.4 is 9.47 Å². The normalized spacial score (nSPS) is 21.0. The minimum absolute atomic E-state index is 0.260. The Morgan fingerprint density at radius 1 is 1.27 bits per heavy atom. The molecule has 2 aliphatic rings. The first-order valence-corrected chi connectivity index (χ1v) is 8.10. The molecule has 1 fully saturated rings. The van der Waals surface area contributed by atoms with Crippen molar-refractivity contribution < 1.29 is 19.4 Å². The monoisotopic (exact) mass is 305 g/mol. The van der Waals surface area contributed by atoms with Gasteiger partial charge >= 0.3 is 5.97 Å². The highest BCUT2D eigenvalue weighted by Gasteiger charge is 2.30. The molecule has 0 bridgehead atoms. The van der Waals surface area contributed by atoms with E-state index in [2.05, 4.69) is 11.0 Å². The van der Waals surface area contributed by atoms with Gasteiger partial charge in [-0.3, -0.25) is 9.69 Å². The van der Waals surface area contributed by atoms with E-state index >= 15 is 0 Å². The molecule has 0 saturated carbocycles. The van der Waals surface area contributed by atoms with Gasteiger partial charge in [-0.15, -0.1) is 0 Å². The Bertz CT molecular complexity index is 531. The zero-order chi connectivity index (χ0) is 15.4. The number of para-hydroxylation sites is 1. The third-order valence-electron chi connectivity index (χ3n) is 4.41. The van der Waals surface area contributed by atoms with Crippen molar-refractivity contribution in [3.05, 3.63) is 23.8 Å². The maximum atomic E-state index is 10.6. The summed E-state index contributed by atoms with van der Waals surface area (Å²) < 4.78 is 11.5. The fourth-order valence-corrected chi connectivity index (χ4v) is 3.40. The molecule has 1 aromatic carbocycles. The standard InChI is InChI=1S/C17H23NO4/c19-16(20)8-1-2-9-18-10-4-6-14(18)13-5-3-7-15-17(13)22-12-11-21-15/h3,5,7,14H,1-2,4,6,8-12H2,(H,19,20). The van der Waals surface area contributed by atoms with E-state index in [4.69, 9.17) is 14.6 Å². The third-order valence-corrected chi connectivity index (χ3v) is 4.41. The molecule has 0 aromatic heterocycles. The lowest BCUT2D eigenvalue weighted by Crippen LogP contribution is -2.26. The van der Waals surface area contributed by atoms with Gasteiger partial charge in [0.05, 0.1) is 0 Å². The van der Waals surface area contributed by atoms with Crippen molar-refractivity contribution >= 4 is 5.97 Å². The predicted octanol–water partition coefficient (Wildman–Crippen LogP) is 2.85. The summed E-state index contributed by atoms with van der Waals surface area (Å²) in [6.07, 6.45) is 4.23. The lowest BCUT2D eigenvalue weighted by Gasteiger charge is -2.28. The Morgan fingerprint density at radius 3 is 3.00 bits per heavy atom. The van der Waals surface area contributed by atoms with Crippen molar-refractivity contribution in [2.24, 2.45) is 0 Å². The number of benzene rings is 1. The van der Waals surface area contributed by atoms with Crippen LogP contribution in [-0.2, 0) is 4.79 Å². The summed E-state index contributed by atoms with van der Waals surface area (Å²) in [5, 5.41) is 8.72. The average molecular weight is 305 g/mol. The number of hydrogen-bond acceptors (Lipinski definition) is 4. The molecule has 0 aliphatic carbocycles. The zero-order valence-electron chi connectivity index (χ0n) is 12.8. The molecule has 1 atom stereocenters. The maximum Gasteiger partial charge on any atom is 0.303 e. The summed E-state index contributed by atoms with van der Waals surface area (Å²) in [4.78, 5) is 13.1. The van der Waals surface area contributed by atoms with Crippen molar-refractivity contribution in [3.63, 3.8) is 0 Å². The van der Waals surface area contributed by atoms with Crippen molar-refractivity contribution in [1.29, 1.82) is 0 Å². The lowest BCUT2D eigenvalue weighted by atomic mass is 10.0. The van der Waals surface area contributed by atoms with Crippen molar-refractivity contribution in [3.8, 4) is 11.5 Å². The smallest absolute Gasteiger partial charge is 0.303 e. The van der Waals surface area contributed by atoms with Crippen LogP contribution in [0.15, 0.2) is 18.2 Å². The highest BCUT2D eigenvalue weighted by Crippen LogP contribution is 2.42. The summed E-state index contributed by atoms with van der Waals surface area (Å²) in [6, 6.07) is 6.49. The number of hydrogen-bond donors (Lipinski definition) is 1. The molecule has 22 heavy (non-hydrogen) atoms. The van der Waals surface area contributed by atoms with Gasteiger partial charge in [0.1, 0.15) is 13.2 Å². The van der Waals surface area contributed by atoms with Gasteiger partial charge in [-0.2, -0.15) is 0 Å². The minimum atomic E-state index is -0.708. The van der Waals surface area contributed by atoms with Crippen LogP contribution in [0.5, 0.6) is 11.5 Å². The van der Waals surface area contributed by atoms with E-state index in [0.717, 1.165) is 43.9 Å². The Hall–Kier alpha value is -1.75. The highest BCUT2D eigenvalue weighted by atomic mass is 16.6. The van der Waals surface area contributed by atoms with E-state index in [1.165, 1.54) is 12.0 Å². The number of carboxylic acids is 1. The number of carboxylic acid groups (broad SMARTS) is 1. The topological polar surface area (TPSA) is 59.0 Å². The Morgan fingerprint density at radius 2 is 2.14 bits per heavy atom. The summed E-state index contributed by atoms with van der Waals surface area (Å²) >= 11 is 0. The molecule has 1 aromatic rings. The number of rotatable bonds is 6. The summed E-state index contributed by atoms with van der Waals surface area (Å²) in [5.74, 6) is 1.04. The first kappa shape index (κ1) is 15.2. The highest BCUT2D eigenvalue weighted by molar-refractivity contribution is 5.66. The van der Waals surface area contributed by atoms with Crippen molar-refractivity contribution in [2.45, 2.75) is 38.1 Å². The van der Waals surface area contributed by atoms with Gasteiger partial charge in [-0.1, -0.05) is 12.1 Å². The first-order valence-electron chi connectivity index (χ1n) is 8.10. The molecule has 0 radical (unpaired) electrons. The van der Waals surface area contributed by atoms with E-state index < -0.39 is 5.97 Å².